The first-order valence-electron chi connectivity index (χ1n) is 7.22. The minimum atomic E-state index is -0.613. The second kappa shape index (κ2) is 6.39. The zero-order valence-corrected chi connectivity index (χ0v) is 12.8. The summed E-state index contributed by atoms with van der Waals surface area (Å²) in [5, 5.41) is 4.03. The van der Waals surface area contributed by atoms with Crippen molar-refractivity contribution in [3.05, 3.63) is 65.1 Å². The van der Waals surface area contributed by atoms with Crippen LogP contribution < -0.4 is 15.2 Å². The molecule has 1 aromatic heterocycles. The molecule has 0 bridgehead atoms. The molecule has 0 atom stereocenters. The van der Waals surface area contributed by atoms with Crippen molar-refractivity contribution in [3.63, 3.8) is 0 Å². The number of ether oxygens (including phenoxy) is 2. The molecule has 0 saturated carbocycles. The van der Waals surface area contributed by atoms with E-state index in [1.165, 1.54) is 0 Å². The van der Waals surface area contributed by atoms with Crippen molar-refractivity contribution in [2.45, 2.75) is 20.0 Å². The normalized spacial score (nSPS) is 10.7. The lowest BCUT2D eigenvalue weighted by atomic mass is 10.3. The Hall–Kier alpha value is -3.02. The molecule has 0 aliphatic carbocycles. The van der Waals surface area contributed by atoms with Crippen LogP contribution in [0.2, 0.25) is 0 Å². The van der Waals surface area contributed by atoms with E-state index in [0.717, 1.165) is 4.68 Å². The van der Waals surface area contributed by atoms with Crippen molar-refractivity contribution in [3.8, 4) is 23.3 Å². The molecule has 0 aliphatic rings. The van der Waals surface area contributed by atoms with Gasteiger partial charge in [-0.25, -0.2) is 4.79 Å². The van der Waals surface area contributed by atoms with Crippen LogP contribution in [0, 0.1) is 0 Å². The van der Waals surface area contributed by atoms with E-state index in [1.807, 2.05) is 44.2 Å². The van der Waals surface area contributed by atoms with E-state index in [-0.39, 0.29) is 12.2 Å². The maximum Gasteiger partial charge on any atom is 0.444 e. The van der Waals surface area contributed by atoms with Crippen molar-refractivity contribution in [2.75, 3.05) is 0 Å². The Morgan fingerprint density at radius 1 is 1.04 bits per heavy atom. The lowest BCUT2D eigenvalue weighted by Crippen LogP contribution is -2.13. The average Bonchev–Trinajstić information content (AvgIpc) is 2.88. The first-order chi connectivity index (χ1) is 11.1. The van der Waals surface area contributed by atoms with E-state index in [0.29, 0.717) is 17.2 Å². The van der Waals surface area contributed by atoms with E-state index in [9.17, 15) is 4.79 Å². The summed E-state index contributed by atoms with van der Waals surface area (Å²) in [5.41, 5.74) is 0.533. The third kappa shape index (κ3) is 3.60. The summed E-state index contributed by atoms with van der Waals surface area (Å²) in [7, 11) is 0. The van der Waals surface area contributed by atoms with E-state index >= 15 is 0 Å². The molecule has 0 N–H and O–H groups in total. The molecular formula is C17H16N2O4. The quantitative estimate of drug-likeness (QED) is 0.722. The Labute approximate surface area is 132 Å². The Morgan fingerprint density at radius 2 is 1.78 bits per heavy atom. The van der Waals surface area contributed by atoms with Crippen molar-refractivity contribution in [1.29, 1.82) is 0 Å². The molecule has 118 valence electrons. The highest BCUT2D eigenvalue weighted by atomic mass is 16.6. The Morgan fingerprint density at radius 3 is 2.52 bits per heavy atom. The van der Waals surface area contributed by atoms with Gasteiger partial charge in [0.25, 0.3) is 0 Å². The molecule has 1 heterocycles. The fourth-order valence-corrected chi connectivity index (χ4v) is 1.98. The van der Waals surface area contributed by atoms with Crippen LogP contribution in [0.4, 0.5) is 0 Å². The largest absolute Gasteiger partial charge is 0.457 e. The Bertz CT molecular complexity index is 837. The summed E-state index contributed by atoms with van der Waals surface area (Å²) < 4.78 is 17.1. The summed E-state index contributed by atoms with van der Waals surface area (Å²) >= 11 is 0. The SMILES string of the molecule is CC(C)Oc1nn(-c2cccc(Oc3ccccc3)c2)c(=O)o1. The van der Waals surface area contributed by atoms with Gasteiger partial charge in [0.2, 0.25) is 0 Å². The van der Waals surface area contributed by atoms with Crippen LogP contribution in [0.15, 0.2) is 63.8 Å². The van der Waals surface area contributed by atoms with Crippen LogP contribution in [0.25, 0.3) is 5.69 Å². The van der Waals surface area contributed by atoms with Gasteiger partial charge in [0.15, 0.2) is 0 Å². The molecule has 3 aromatic rings. The number of nitrogens with zero attached hydrogens (tertiary/aromatic N) is 2. The van der Waals surface area contributed by atoms with Gasteiger partial charge >= 0.3 is 11.8 Å². The highest BCUT2D eigenvalue weighted by molar-refractivity contribution is 5.40. The van der Waals surface area contributed by atoms with Crippen LogP contribution in [0.5, 0.6) is 17.6 Å². The van der Waals surface area contributed by atoms with Gasteiger partial charge in [0.1, 0.15) is 11.5 Å². The minimum Gasteiger partial charge on any atom is -0.457 e. The van der Waals surface area contributed by atoms with Gasteiger partial charge < -0.3 is 13.9 Å². The zero-order valence-electron chi connectivity index (χ0n) is 12.8. The van der Waals surface area contributed by atoms with Crippen LogP contribution in [0.3, 0.4) is 0 Å². The van der Waals surface area contributed by atoms with Gasteiger partial charge in [-0.3, -0.25) is 0 Å². The topological polar surface area (TPSA) is 66.5 Å². The maximum atomic E-state index is 11.9. The predicted molar refractivity (Wildman–Crippen MR) is 84.4 cm³/mol. The van der Waals surface area contributed by atoms with Gasteiger partial charge in [-0.1, -0.05) is 29.4 Å². The van der Waals surface area contributed by atoms with E-state index in [2.05, 4.69) is 5.10 Å². The first kappa shape index (κ1) is 14.9. The summed E-state index contributed by atoms with van der Waals surface area (Å²) in [6.07, 6.45) is -0.186. The van der Waals surface area contributed by atoms with Crippen LogP contribution >= 0.6 is 0 Å². The molecule has 2 aromatic carbocycles. The lowest BCUT2D eigenvalue weighted by Gasteiger charge is -2.06. The van der Waals surface area contributed by atoms with E-state index in [1.54, 1.807) is 24.3 Å². The number of aromatic nitrogens is 2. The molecule has 3 rings (SSSR count). The fraction of sp³-hybridized carbons (Fsp3) is 0.176. The Balaban J connectivity index is 1.88. The summed E-state index contributed by atoms with van der Waals surface area (Å²) in [5.74, 6) is 0.688. The van der Waals surface area contributed by atoms with Gasteiger partial charge in [-0.15, -0.1) is 0 Å². The van der Waals surface area contributed by atoms with Crippen molar-refractivity contribution in [1.82, 2.24) is 9.78 Å². The molecule has 0 unspecified atom stereocenters. The van der Waals surface area contributed by atoms with Gasteiger partial charge in [0.05, 0.1) is 11.8 Å². The maximum absolute atomic E-state index is 11.9. The number of hydrogen-bond donors (Lipinski definition) is 0. The summed E-state index contributed by atoms with van der Waals surface area (Å²) in [4.78, 5) is 11.9. The van der Waals surface area contributed by atoms with Crippen LogP contribution in [-0.2, 0) is 0 Å². The number of rotatable bonds is 5. The molecule has 0 fully saturated rings. The summed E-state index contributed by atoms with van der Waals surface area (Å²) in [6.45, 7) is 3.65. The van der Waals surface area contributed by atoms with E-state index in [4.69, 9.17) is 13.9 Å². The van der Waals surface area contributed by atoms with Crippen LogP contribution in [0.1, 0.15) is 13.8 Å². The molecule has 0 amide bonds. The third-order valence-corrected chi connectivity index (χ3v) is 2.91. The molecule has 0 radical (unpaired) electrons. The van der Waals surface area contributed by atoms with Crippen LogP contribution in [-0.4, -0.2) is 15.9 Å². The van der Waals surface area contributed by atoms with Gasteiger partial charge in [0, 0.05) is 6.07 Å². The molecule has 0 aliphatic heterocycles. The highest BCUT2D eigenvalue weighted by Crippen LogP contribution is 2.23. The molecule has 0 saturated heterocycles. The molecular weight excluding hydrogens is 296 g/mol. The molecule has 23 heavy (non-hydrogen) atoms. The first-order valence-corrected chi connectivity index (χ1v) is 7.22. The second-order valence-corrected chi connectivity index (χ2v) is 5.12. The zero-order chi connectivity index (χ0) is 16.2. The smallest absolute Gasteiger partial charge is 0.444 e. The van der Waals surface area contributed by atoms with Gasteiger partial charge in [-0.2, -0.15) is 4.68 Å². The highest BCUT2D eigenvalue weighted by Gasteiger charge is 2.12. The average molecular weight is 312 g/mol. The van der Waals surface area contributed by atoms with E-state index < -0.39 is 5.76 Å². The molecule has 6 nitrogen and oxygen atoms in total. The number of hydrogen-bond acceptors (Lipinski definition) is 5. The minimum absolute atomic E-state index is 0.0561. The number of para-hydroxylation sites is 1. The lowest BCUT2D eigenvalue weighted by molar-refractivity contribution is 0.172. The predicted octanol–water partition coefficient (Wildman–Crippen LogP) is 3.41. The van der Waals surface area contributed by atoms with Gasteiger partial charge in [-0.05, 0) is 38.1 Å². The van der Waals surface area contributed by atoms with Crippen molar-refractivity contribution < 1.29 is 13.9 Å². The Kier molecular flexibility index (Phi) is 4.14. The second-order valence-electron chi connectivity index (χ2n) is 5.12. The fourth-order valence-electron chi connectivity index (χ4n) is 1.98. The molecule has 6 heteroatoms. The van der Waals surface area contributed by atoms with Crippen molar-refractivity contribution >= 4 is 0 Å². The molecule has 0 spiro atoms. The van der Waals surface area contributed by atoms with Crippen molar-refractivity contribution in [2.24, 2.45) is 0 Å². The monoisotopic (exact) mass is 312 g/mol. The standard InChI is InChI=1S/C17H16N2O4/c1-12(2)21-16-18-19(17(20)23-16)13-7-6-10-15(11-13)22-14-8-4-3-5-9-14/h3-12H,1-2H3. The third-order valence-electron chi connectivity index (χ3n) is 2.91. The summed E-state index contributed by atoms with van der Waals surface area (Å²) in [6, 6.07) is 16.4. The number of benzene rings is 2.